The van der Waals surface area contributed by atoms with Crippen LogP contribution in [0, 0.1) is 6.92 Å². The molecule has 2 aromatic carbocycles. The van der Waals surface area contributed by atoms with Crippen molar-refractivity contribution in [3.8, 4) is 0 Å². The second kappa shape index (κ2) is 7.12. The Hall–Kier alpha value is -2.95. The number of anilines is 1. The number of piperazine rings is 1. The Morgan fingerprint density at radius 1 is 1.00 bits per heavy atom. The molecule has 0 radical (unpaired) electrons. The fourth-order valence-electron chi connectivity index (χ4n) is 3.44. The lowest BCUT2D eigenvalue weighted by Crippen LogP contribution is -2.49. The van der Waals surface area contributed by atoms with Crippen LogP contribution in [0.15, 0.2) is 54.7 Å². The second-order valence-corrected chi connectivity index (χ2v) is 6.69. The van der Waals surface area contributed by atoms with Gasteiger partial charge in [0.25, 0.3) is 0 Å². The van der Waals surface area contributed by atoms with Crippen LogP contribution >= 0.6 is 0 Å². The summed E-state index contributed by atoms with van der Waals surface area (Å²) < 4.78 is 0. The average molecular weight is 346 g/mol. The predicted octanol–water partition coefficient (Wildman–Crippen LogP) is 2.83. The number of aromatic nitrogens is 2. The summed E-state index contributed by atoms with van der Waals surface area (Å²) in [6.45, 7) is 4.97. The summed E-state index contributed by atoms with van der Waals surface area (Å²) in [5.74, 6) is 1.91. The molecule has 0 bridgehead atoms. The van der Waals surface area contributed by atoms with Crippen molar-refractivity contribution in [2.24, 2.45) is 0 Å². The van der Waals surface area contributed by atoms with Gasteiger partial charge in [0.2, 0.25) is 5.91 Å². The van der Waals surface area contributed by atoms with Crippen molar-refractivity contribution >= 4 is 22.5 Å². The lowest BCUT2D eigenvalue weighted by Gasteiger charge is -2.35. The molecule has 0 spiro atoms. The molecule has 1 aliphatic heterocycles. The molecule has 1 fully saturated rings. The van der Waals surface area contributed by atoms with E-state index in [4.69, 9.17) is 0 Å². The van der Waals surface area contributed by atoms with E-state index in [9.17, 15) is 4.79 Å². The first-order valence-electron chi connectivity index (χ1n) is 8.99. The summed E-state index contributed by atoms with van der Waals surface area (Å²) in [5, 5.41) is 2.39. The van der Waals surface area contributed by atoms with E-state index in [1.807, 2.05) is 30.0 Å². The zero-order valence-electron chi connectivity index (χ0n) is 14.9. The quantitative estimate of drug-likeness (QED) is 0.732. The van der Waals surface area contributed by atoms with Crippen LogP contribution in [0.4, 0.5) is 5.82 Å². The molecule has 2 heterocycles. The number of carbonyl (C=O) groups is 1. The highest BCUT2D eigenvalue weighted by atomic mass is 16.2. The van der Waals surface area contributed by atoms with Gasteiger partial charge in [-0.3, -0.25) is 4.79 Å². The molecular formula is C21H22N4O. The Morgan fingerprint density at radius 2 is 1.77 bits per heavy atom. The molecule has 1 saturated heterocycles. The summed E-state index contributed by atoms with van der Waals surface area (Å²) in [5.41, 5.74) is 1.07. The van der Waals surface area contributed by atoms with Crippen molar-refractivity contribution < 1.29 is 4.79 Å². The molecule has 0 atom stereocenters. The molecule has 1 aromatic heterocycles. The summed E-state index contributed by atoms with van der Waals surface area (Å²) in [6, 6.07) is 16.4. The minimum Gasteiger partial charge on any atom is -0.353 e. The Bertz CT molecular complexity index is 932. The van der Waals surface area contributed by atoms with Crippen molar-refractivity contribution in [1.29, 1.82) is 0 Å². The van der Waals surface area contributed by atoms with Crippen molar-refractivity contribution in [3.05, 3.63) is 66.1 Å². The number of hydrogen-bond donors (Lipinski definition) is 0. The van der Waals surface area contributed by atoms with Gasteiger partial charge in [-0.25, -0.2) is 9.97 Å². The van der Waals surface area contributed by atoms with Crippen molar-refractivity contribution in [1.82, 2.24) is 14.9 Å². The van der Waals surface area contributed by atoms with Gasteiger partial charge in [0.15, 0.2) is 0 Å². The molecule has 1 aliphatic rings. The average Bonchev–Trinajstić information content (AvgIpc) is 2.68. The van der Waals surface area contributed by atoms with Crippen LogP contribution in [-0.4, -0.2) is 47.0 Å². The van der Waals surface area contributed by atoms with E-state index < -0.39 is 0 Å². The summed E-state index contributed by atoms with van der Waals surface area (Å²) >= 11 is 0. The van der Waals surface area contributed by atoms with Crippen LogP contribution in [0.2, 0.25) is 0 Å². The number of aryl methyl sites for hydroxylation is 1. The third-order valence-electron chi connectivity index (χ3n) is 4.89. The van der Waals surface area contributed by atoms with Crippen molar-refractivity contribution in [2.75, 3.05) is 31.1 Å². The van der Waals surface area contributed by atoms with E-state index in [2.05, 4.69) is 45.2 Å². The predicted molar refractivity (Wildman–Crippen MR) is 103 cm³/mol. The largest absolute Gasteiger partial charge is 0.353 e. The van der Waals surface area contributed by atoms with Crippen LogP contribution in [0.25, 0.3) is 10.8 Å². The van der Waals surface area contributed by atoms with Gasteiger partial charge >= 0.3 is 0 Å². The SMILES string of the molecule is Cc1nccc(N2CCN(C(=O)Cc3ccc4ccccc4c3)CC2)n1. The van der Waals surface area contributed by atoms with Gasteiger partial charge in [-0.1, -0.05) is 42.5 Å². The van der Waals surface area contributed by atoms with Crippen LogP contribution in [0.3, 0.4) is 0 Å². The second-order valence-electron chi connectivity index (χ2n) is 6.69. The third kappa shape index (κ3) is 3.52. The van der Waals surface area contributed by atoms with Gasteiger partial charge < -0.3 is 9.80 Å². The van der Waals surface area contributed by atoms with E-state index in [0.29, 0.717) is 6.42 Å². The topological polar surface area (TPSA) is 49.3 Å². The zero-order chi connectivity index (χ0) is 17.9. The number of nitrogens with zero attached hydrogens (tertiary/aromatic N) is 4. The van der Waals surface area contributed by atoms with Crippen molar-refractivity contribution in [3.63, 3.8) is 0 Å². The maximum absolute atomic E-state index is 12.7. The monoisotopic (exact) mass is 346 g/mol. The van der Waals surface area contributed by atoms with E-state index in [1.165, 1.54) is 10.8 Å². The number of fused-ring (bicyclic) bond motifs is 1. The Labute approximate surface area is 153 Å². The van der Waals surface area contributed by atoms with Crippen molar-refractivity contribution in [2.45, 2.75) is 13.3 Å². The van der Waals surface area contributed by atoms with E-state index in [-0.39, 0.29) is 5.91 Å². The maximum atomic E-state index is 12.7. The molecule has 0 saturated carbocycles. The molecule has 132 valence electrons. The van der Waals surface area contributed by atoms with Gasteiger partial charge in [-0.05, 0) is 29.3 Å². The first kappa shape index (κ1) is 16.5. The summed E-state index contributed by atoms with van der Waals surface area (Å²) in [7, 11) is 0. The number of benzene rings is 2. The standard InChI is InChI=1S/C21H22N4O/c1-16-22-9-8-20(23-16)24-10-12-25(13-11-24)21(26)15-17-6-7-18-4-2-3-5-19(18)14-17/h2-9,14H,10-13,15H2,1H3. The first-order chi connectivity index (χ1) is 12.7. The smallest absolute Gasteiger partial charge is 0.227 e. The van der Waals surface area contributed by atoms with Gasteiger partial charge in [-0.15, -0.1) is 0 Å². The number of rotatable bonds is 3. The highest BCUT2D eigenvalue weighted by Crippen LogP contribution is 2.18. The summed E-state index contributed by atoms with van der Waals surface area (Å²) in [4.78, 5) is 25.5. The number of carbonyl (C=O) groups excluding carboxylic acids is 1. The fourth-order valence-corrected chi connectivity index (χ4v) is 3.44. The Morgan fingerprint density at radius 3 is 2.54 bits per heavy atom. The van der Waals surface area contributed by atoms with Gasteiger partial charge in [0, 0.05) is 32.4 Å². The molecule has 0 aliphatic carbocycles. The van der Waals surface area contributed by atoms with Gasteiger partial charge in [-0.2, -0.15) is 0 Å². The first-order valence-corrected chi connectivity index (χ1v) is 8.99. The third-order valence-corrected chi connectivity index (χ3v) is 4.89. The summed E-state index contributed by atoms with van der Waals surface area (Å²) in [6.07, 6.45) is 2.24. The van der Waals surface area contributed by atoms with Crippen LogP contribution in [0.5, 0.6) is 0 Å². The lowest BCUT2D eigenvalue weighted by molar-refractivity contribution is -0.130. The van der Waals surface area contributed by atoms with Gasteiger partial charge in [0.05, 0.1) is 6.42 Å². The Balaban J connectivity index is 1.38. The van der Waals surface area contributed by atoms with Crippen LogP contribution in [0.1, 0.15) is 11.4 Å². The highest BCUT2D eigenvalue weighted by molar-refractivity contribution is 5.85. The molecule has 0 N–H and O–H groups in total. The maximum Gasteiger partial charge on any atom is 0.227 e. The molecule has 26 heavy (non-hydrogen) atoms. The zero-order valence-corrected chi connectivity index (χ0v) is 14.9. The lowest BCUT2D eigenvalue weighted by atomic mass is 10.0. The van der Waals surface area contributed by atoms with Gasteiger partial charge in [0.1, 0.15) is 11.6 Å². The molecule has 3 aromatic rings. The Kier molecular flexibility index (Phi) is 4.52. The number of amides is 1. The molecular weight excluding hydrogens is 324 g/mol. The highest BCUT2D eigenvalue weighted by Gasteiger charge is 2.22. The molecule has 5 heteroatoms. The molecule has 1 amide bonds. The van der Waals surface area contributed by atoms with Crippen LogP contribution < -0.4 is 4.90 Å². The molecule has 0 unspecified atom stereocenters. The minimum absolute atomic E-state index is 0.193. The molecule has 5 nitrogen and oxygen atoms in total. The molecule has 4 rings (SSSR count). The van der Waals surface area contributed by atoms with E-state index >= 15 is 0 Å². The number of hydrogen-bond acceptors (Lipinski definition) is 4. The van der Waals surface area contributed by atoms with E-state index in [0.717, 1.165) is 43.4 Å². The minimum atomic E-state index is 0.193. The normalized spacial score (nSPS) is 14.7. The van der Waals surface area contributed by atoms with E-state index in [1.54, 1.807) is 6.20 Å². The fraction of sp³-hybridized carbons (Fsp3) is 0.286. The van der Waals surface area contributed by atoms with Crippen LogP contribution in [-0.2, 0) is 11.2 Å².